The lowest BCUT2D eigenvalue weighted by Gasteiger charge is -2.25. The molecule has 0 aliphatic carbocycles. The van der Waals surface area contributed by atoms with Gasteiger partial charge in [-0.3, -0.25) is 19.4 Å². The minimum absolute atomic E-state index is 0.0912. The van der Waals surface area contributed by atoms with Gasteiger partial charge in [0.25, 0.3) is 5.56 Å². The maximum atomic E-state index is 13.6. The zero-order chi connectivity index (χ0) is 26.4. The van der Waals surface area contributed by atoms with Crippen molar-refractivity contribution in [3.05, 3.63) is 87.1 Å². The zero-order valence-corrected chi connectivity index (χ0v) is 22.0. The number of nitrogens with one attached hydrogen (secondary N) is 1. The molecular formula is C28H32ClN3O4. The van der Waals surface area contributed by atoms with Crippen molar-refractivity contribution in [2.75, 3.05) is 7.11 Å². The van der Waals surface area contributed by atoms with E-state index >= 15 is 0 Å². The summed E-state index contributed by atoms with van der Waals surface area (Å²) in [5.41, 5.74) is 3.78. The summed E-state index contributed by atoms with van der Waals surface area (Å²) in [6.07, 6.45) is 5.31. The van der Waals surface area contributed by atoms with Gasteiger partial charge >= 0.3 is 5.97 Å². The Morgan fingerprint density at radius 3 is 2.53 bits per heavy atom. The zero-order valence-electron chi connectivity index (χ0n) is 21.2. The lowest BCUT2D eigenvalue weighted by atomic mass is 9.97. The van der Waals surface area contributed by atoms with Crippen LogP contribution in [0, 0.1) is 19.8 Å². The lowest BCUT2D eigenvalue weighted by molar-refractivity contribution is -0.141. The highest BCUT2D eigenvalue weighted by molar-refractivity contribution is 6.33. The number of pyridine rings is 2. The van der Waals surface area contributed by atoms with Gasteiger partial charge in [0.15, 0.2) is 0 Å². The quantitative estimate of drug-likeness (QED) is 0.401. The third-order valence-corrected chi connectivity index (χ3v) is 6.34. The molecule has 36 heavy (non-hydrogen) atoms. The number of carbonyl (C=O) groups excluding carboxylic acids is 2. The minimum atomic E-state index is -0.736. The lowest BCUT2D eigenvalue weighted by Crippen LogP contribution is -2.40. The van der Waals surface area contributed by atoms with Crippen LogP contribution in [0.15, 0.2) is 59.8 Å². The van der Waals surface area contributed by atoms with E-state index < -0.39 is 18.1 Å². The molecule has 0 spiro atoms. The predicted molar refractivity (Wildman–Crippen MR) is 141 cm³/mol. The van der Waals surface area contributed by atoms with Crippen LogP contribution in [-0.4, -0.2) is 28.5 Å². The van der Waals surface area contributed by atoms with Crippen LogP contribution >= 0.6 is 11.6 Å². The van der Waals surface area contributed by atoms with E-state index in [0.717, 1.165) is 22.3 Å². The summed E-state index contributed by atoms with van der Waals surface area (Å²) >= 11 is 6.47. The first-order valence-electron chi connectivity index (χ1n) is 11.9. The van der Waals surface area contributed by atoms with Gasteiger partial charge in [0.05, 0.1) is 19.6 Å². The van der Waals surface area contributed by atoms with Gasteiger partial charge < -0.3 is 14.6 Å². The molecule has 0 saturated heterocycles. The molecule has 1 amide bonds. The highest BCUT2D eigenvalue weighted by Gasteiger charge is 2.27. The fourth-order valence-electron chi connectivity index (χ4n) is 4.19. The molecule has 0 aliphatic rings. The third-order valence-electron chi connectivity index (χ3n) is 6.02. The predicted octanol–water partition coefficient (Wildman–Crippen LogP) is 5.19. The summed E-state index contributed by atoms with van der Waals surface area (Å²) in [7, 11) is 1.30. The Hall–Kier alpha value is -3.45. The van der Waals surface area contributed by atoms with Crippen molar-refractivity contribution >= 4 is 23.5 Å². The smallest absolute Gasteiger partial charge is 0.307 e. The number of amides is 1. The van der Waals surface area contributed by atoms with E-state index in [1.807, 2.05) is 45.9 Å². The van der Waals surface area contributed by atoms with E-state index in [1.54, 1.807) is 30.7 Å². The number of methoxy groups -OCH3 is 1. The number of carbonyl (C=O) groups is 2. The number of esters is 1. The number of rotatable bonds is 9. The topological polar surface area (TPSA) is 90.3 Å². The Balaban J connectivity index is 2.00. The van der Waals surface area contributed by atoms with Crippen molar-refractivity contribution in [2.45, 2.75) is 52.6 Å². The molecule has 2 aromatic heterocycles. The molecular weight excluding hydrogens is 478 g/mol. The second kappa shape index (κ2) is 12.0. The molecule has 2 heterocycles. The van der Waals surface area contributed by atoms with Crippen LogP contribution in [0.2, 0.25) is 5.02 Å². The highest BCUT2D eigenvalue weighted by atomic mass is 35.5. The van der Waals surface area contributed by atoms with Gasteiger partial charge in [-0.15, -0.1) is 0 Å². The van der Waals surface area contributed by atoms with Crippen molar-refractivity contribution in [2.24, 2.45) is 5.92 Å². The maximum Gasteiger partial charge on any atom is 0.307 e. The highest BCUT2D eigenvalue weighted by Crippen LogP contribution is 2.32. The Morgan fingerprint density at radius 1 is 1.14 bits per heavy atom. The summed E-state index contributed by atoms with van der Waals surface area (Å²) in [4.78, 5) is 42.9. The molecule has 8 heteroatoms. The average Bonchev–Trinajstić information content (AvgIpc) is 2.82. The van der Waals surface area contributed by atoms with E-state index in [0.29, 0.717) is 17.0 Å². The van der Waals surface area contributed by atoms with Crippen molar-refractivity contribution in [3.63, 3.8) is 0 Å². The molecule has 7 nitrogen and oxygen atoms in total. The van der Waals surface area contributed by atoms with Crippen molar-refractivity contribution in [3.8, 4) is 11.1 Å². The van der Waals surface area contributed by atoms with Gasteiger partial charge in [0.1, 0.15) is 6.04 Å². The Kier molecular flexibility index (Phi) is 9.04. The van der Waals surface area contributed by atoms with E-state index in [1.165, 1.54) is 17.7 Å². The number of hydrogen-bond acceptors (Lipinski definition) is 5. The van der Waals surface area contributed by atoms with Crippen molar-refractivity contribution in [1.29, 1.82) is 0 Å². The average molecular weight is 510 g/mol. The fourth-order valence-corrected chi connectivity index (χ4v) is 4.52. The molecule has 0 aliphatic heterocycles. The summed E-state index contributed by atoms with van der Waals surface area (Å²) < 4.78 is 6.34. The first kappa shape index (κ1) is 27.1. The maximum absolute atomic E-state index is 13.6. The second-order valence-electron chi connectivity index (χ2n) is 9.38. The van der Waals surface area contributed by atoms with Gasteiger partial charge in [-0.05, 0) is 61.1 Å². The summed E-state index contributed by atoms with van der Waals surface area (Å²) in [6, 6.07) is 9.36. The molecule has 3 aromatic rings. The van der Waals surface area contributed by atoms with Crippen LogP contribution in [0.4, 0.5) is 0 Å². The molecule has 1 aromatic carbocycles. The van der Waals surface area contributed by atoms with Gasteiger partial charge in [-0.2, -0.15) is 0 Å². The minimum Gasteiger partial charge on any atom is -0.469 e. The number of nitrogens with zero attached hydrogens (tertiary/aromatic N) is 2. The van der Waals surface area contributed by atoms with Crippen LogP contribution in [0.5, 0.6) is 0 Å². The summed E-state index contributed by atoms with van der Waals surface area (Å²) in [5, 5.41) is 3.56. The first-order valence-corrected chi connectivity index (χ1v) is 12.2. The largest absolute Gasteiger partial charge is 0.469 e. The molecule has 0 bridgehead atoms. The molecule has 0 saturated carbocycles. The summed E-state index contributed by atoms with van der Waals surface area (Å²) in [5.74, 6) is -0.684. The first-order chi connectivity index (χ1) is 17.1. The third kappa shape index (κ3) is 6.61. The number of halogens is 1. The Morgan fingerprint density at radius 2 is 1.89 bits per heavy atom. The van der Waals surface area contributed by atoms with Crippen LogP contribution in [-0.2, 0) is 14.3 Å². The van der Waals surface area contributed by atoms with E-state index in [2.05, 4.69) is 10.3 Å². The molecule has 0 fully saturated rings. The van der Waals surface area contributed by atoms with Crippen LogP contribution in [0.25, 0.3) is 11.1 Å². The van der Waals surface area contributed by atoms with Crippen molar-refractivity contribution < 1.29 is 14.3 Å². The van der Waals surface area contributed by atoms with E-state index in [-0.39, 0.29) is 23.8 Å². The standard InChI is InChI=1S/C28H32ClN3O4/c1-17(2)11-24(32-10-9-18(3)12-25(32)33)28(35)31-23(14-26(34)36-5)20-13-21(16-30-15-20)27-19(4)7-6-8-22(27)29/h6-10,12-13,15-17,23-24H,11,14H2,1-5H3,(H,31,35)/t23-,24?/m0/s1. The van der Waals surface area contributed by atoms with Gasteiger partial charge in [-0.1, -0.05) is 37.6 Å². The van der Waals surface area contributed by atoms with Gasteiger partial charge in [0, 0.05) is 40.8 Å². The normalized spacial score (nSPS) is 12.8. The SMILES string of the molecule is COC(=O)C[C@H](NC(=O)C(CC(C)C)n1ccc(C)cc1=O)c1cncc(-c2c(C)cccc2Cl)c1. The number of hydrogen-bond donors (Lipinski definition) is 1. The number of benzene rings is 1. The number of aryl methyl sites for hydroxylation is 2. The molecule has 190 valence electrons. The molecule has 1 unspecified atom stereocenters. The monoisotopic (exact) mass is 509 g/mol. The fraction of sp³-hybridized carbons (Fsp3) is 0.357. The van der Waals surface area contributed by atoms with Crippen LogP contribution in [0.1, 0.15) is 55.5 Å². The number of aromatic nitrogens is 2. The van der Waals surface area contributed by atoms with E-state index in [4.69, 9.17) is 16.3 Å². The summed E-state index contributed by atoms with van der Waals surface area (Å²) in [6.45, 7) is 7.77. The van der Waals surface area contributed by atoms with Crippen LogP contribution < -0.4 is 10.9 Å². The molecule has 1 N–H and O–H groups in total. The second-order valence-corrected chi connectivity index (χ2v) is 9.78. The number of ether oxygens (including phenoxy) is 1. The molecule has 3 rings (SSSR count). The molecule has 2 atom stereocenters. The van der Waals surface area contributed by atoms with Crippen LogP contribution in [0.3, 0.4) is 0 Å². The van der Waals surface area contributed by atoms with Gasteiger partial charge in [0.2, 0.25) is 5.91 Å². The van der Waals surface area contributed by atoms with E-state index in [9.17, 15) is 14.4 Å². The van der Waals surface area contributed by atoms with Gasteiger partial charge in [-0.25, -0.2) is 0 Å². The molecule has 0 radical (unpaired) electrons. The Labute approximate surface area is 216 Å². The van der Waals surface area contributed by atoms with Crippen molar-refractivity contribution in [1.82, 2.24) is 14.9 Å². The Bertz CT molecular complexity index is 1280.